The van der Waals surface area contributed by atoms with Crippen LogP contribution in [0.1, 0.15) is 27.5 Å². The molecule has 1 amide bonds. The van der Waals surface area contributed by atoms with Gasteiger partial charge in [0.05, 0.1) is 6.54 Å². The minimum absolute atomic E-state index is 0.0924. The zero-order valence-corrected chi connectivity index (χ0v) is 14.6. The zero-order chi connectivity index (χ0) is 17.8. The number of rotatable bonds is 4. The largest absolute Gasteiger partial charge is 0.335 e. The highest BCUT2D eigenvalue weighted by Gasteiger charge is 2.25. The van der Waals surface area contributed by atoms with E-state index >= 15 is 0 Å². The summed E-state index contributed by atoms with van der Waals surface area (Å²) >= 11 is 0. The van der Waals surface area contributed by atoms with E-state index < -0.39 is 0 Å². The van der Waals surface area contributed by atoms with Crippen molar-refractivity contribution in [1.29, 1.82) is 0 Å². The van der Waals surface area contributed by atoms with Crippen molar-refractivity contribution in [2.75, 3.05) is 19.6 Å². The van der Waals surface area contributed by atoms with Crippen molar-refractivity contribution in [1.82, 2.24) is 20.0 Å². The van der Waals surface area contributed by atoms with Crippen LogP contribution in [0, 0.1) is 0 Å². The monoisotopic (exact) mass is 346 g/mol. The van der Waals surface area contributed by atoms with E-state index in [-0.39, 0.29) is 11.9 Å². The number of hydrogen-bond acceptors (Lipinski definition) is 3. The third kappa shape index (κ3) is 3.68. The van der Waals surface area contributed by atoms with Crippen molar-refractivity contribution in [3.05, 3.63) is 89.7 Å². The number of nitrogens with one attached hydrogen (secondary N) is 1. The number of nitrogens with zero attached hydrogens (tertiary/aromatic N) is 3. The second-order valence-electron chi connectivity index (χ2n) is 6.57. The Bertz CT molecular complexity index is 861. The maximum Gasteiger partial charge on any atom is 0.253 e. The molecule has 1 fully saturated rings. The fourth-order valence-electron chi connectivity index (χ4n) is 3.41. The fourth-order valence-corrected chi connectivity index (χ4v) is 3.41. The summed E-state index contributed by atoms with van der Waals surface area (Å²) < 4.78 is 1.86. The average molecular weight is 346 g/mol. The second-order valence-corrected chi connectivity index (χ2v) is 6.57. The van der Waals surface area contributed by atoms with E-state index in [1.165, 1.54) is 5.56 Å². The third-order valence-electron chi connectivity index (χ3n) is 4.74. The molecule has 1 N–H and O–H groups in total. The number of benzene rings is 2. The lowest BCUT2D eigenvalue weighted by atomic mass is 10.0. The van der Waals surface area contributed by atoms with E-state index in [0.717, 1.165) is 24.2 Å². The van der Waals surface area contributed by atoms with Gasteiger partial charge in [-0.1, -0.05) is 42.5 Å². The Morgan fingerprint density at radius 2 is 2.00 bits per heavy atom. The zero-order valence-electron chi connectivity index (χ0n) is 14.6. The summed E-state index contributed by atoms with van der Waals surface area (Å²) in [5.41, 5.74) is 3.04. The molecule has 3 aromatic rings. The highest BCUT2D eigenvalue weighted by molar-refractivity contribution is 5.94. The molecule has 1 aliphatic rings. The van der Waals surface area contributed by atoms with Gasteiger partial charge >= 0.3 is 0 Å². The first-order valence-corrected chi connectivity index (χ1v) is 8.93. The number of aromatic nitrogens is 2. The maximum atomic E-state index is 13.0. The normalized spacial score (nSPS) is 17.2. The lowest BCUT2D eigenvalue weighted by Gasteiger charge is -2.34. The highest BCUT2D eigenvalue weighted by atomic mass is 16.2. The first-order chi connectivity index (χ1) is 12.8. The molecule has 5 heteroatoms. The molecule has 1 aliphatic heterocycles. The van der Waals surface area contributed by atoms with Gasteiger partial charge < -0.3 is 10.2 Å². The van der Waals surface area contributed by atoms with Gasteiger partial charge in [-0.3, -0.25) is 9.48 Å². The molecule has 2 aromatic carbocycles. The first kappa shape index (κ1) is 16.5. The van der Waals surface area contributed by atoms with E-state index in [1.807, 2.05) is 64.3 Å². The molecular formula is C21H22N4O. The topological polar surface area (TPSA) is 50.2 Å². The van der Waals surface area contributed by atoms with Gasteiger partial charge in [-0.25, -0.2) is 0 Å². The lowest BCUT2D eigenvalue weighted by Crippen LogP contribution is -2.48. The molecular weight excluding hydrogens is 324 g/mol. The van der Waals surface area contributed by atoms with Gasteiger partial charge in [-0.05, 0) is 29.3 Å². The molecule has 26 heavy (non-hydrogen) atoms. The molecule has 0 aliphatic carbocycles. The Morgan fingerprint density at radius 1 is 1.12 bits per heavy atom. The predicted octanol–water partition coefficient (Wildman–Crippen LogP) is 2.72. The standard InChI is InChI=1S/C21H22N4O/c26-21(19-9-4-6-17(14-19)15-25-12-5-10-23-25)24-13-11-22-20(16-24)18-7-2-1-3-8-18/h1-10,12,14,20,22H,11,13,15-16H2/t20-/m1/s1. The molecule has 0 spiro atoms. The van der Waals surface area contributed by atoms with Crippen LogP contribution in [0.4, 0.5) is 0 Å². The lowest BCUT2D eigenvalue weighted by molar-refractivity contribution is 0.0703. The molecule has 1 atom stereocenters. The summed E-state index contributed by atoms with van der Waals surface area (Å²) in [4.78, 5) is 15.0. The minimum atomic E-state index is 0.0924. The van der Waals surface area contributed by atoms with E-state index in [2.05, 4.69) is 22.5 Å². The fraction of sp³-hybridized carbons (Fsp3) is 0.238. The van der Waals surface area contributed by atoms with Gasteiger partial charge in [0.1, 0.15) is 0 Å². The summed E-state index contributed by atoms with van der Waals surface area (Å²) in [5.74, 6) is 0.0924. The van der Waals surface area contributed by atoms with Crippen LogP contribution in [0.25, 0.3) is 0 Å². The van der Waals surface area contributed by atoms with Crippen LogP contribution in [-0.4, -0.2) is 40.2 Å². The second kappa shape index (κ2) is 7.54. The molecule has 1 aromatic heterocycles. The molecule has 5 nitrogen and oxygen atoms in total. The molecule has 0 saturated carbocycles. The quantitative estimate of drug-likeness (QED) is 0.790. The number of amides is 1. The highest BCUT2D eigenvalue weighted by Crippen LogP contribution is 2.19. The Morgan fingerprint density at radius 3 is 2.81 bits per heavy atom. The number of carbonyl (C=O) groups is 1. The van der Waals surface area contributed by atoms with Crippen LogP contribution in [0.5, 0.6) is 0 Å². The van der Waals surface area contributed by atoms with Crippen molar-refractivity contribution >= 4 is 5.91 Å². The van der Waals surface area contributed by atoms with Crippen molar-refractivity contribution in [2.45, 2.75) is 12.6 Å². The minimum Gasteiger partial charge on any atom is -0.335 e. The van der Waals surface area contributed by atoms with E-state index in [1.54, 1.807) is 6.20 Å². The van der Waals surface area contributed by atoms with Gasteiger partial charge in [0.15, 0.2) is 0 Å². The molecule has 0 radical (unpaired) electrons. The van der Waals surface area contributed by atoms with Crippen LogP contribution in [0.3, 0.4) is 0 Å². The SMILES string of the molecule is O=C(c1cccc(Cn2cccn2)c1)N1CCN[C@@H](c2ccccc2)C1. The Kier molecular flexibility index (Phi) is 4.80. The van der Waals surface area contributed by atoms with E-state index in [9.17, 15) is 4.79 Å². The van der Waals surface area contributed by atoms with Crippen molar-refractivity contribution < 1.29 is 4.79 Å². The molecule has 132 valence electrons. The maximum absolute atomic E-state index is 13.0. The number of hydrogen-bond donors (Lipinski definition) is 1. The Balaban J connectivity index is 1.48. The Labute approximate surface area is 153 Å². The van der Waals surface area contributed by atoms with Gasteiger partial charge in [-0.2, -0.15) is 5.10 Å². The van der Waals surface area contributed by atoms with Crippen LogP contribution >= 0.6 is 0 Å². The molecule has 0 bridgehead atoms. The molecule has 2 heterocycles. The summed E-state index contributed by atoms with van der Waals surface area (Å²) in [6.07, 6.45) is 3.69. The number of piperazine rings is 1. The molecule has 1 saturated heterocycles. The van der Waals surface area contributed by atoms with Crippen molar-refractivity contribution in [2.24, 2.45) is 0 Å². The molecule has 0 unspecified atom stereocenters. The first-order valence-electron chi connectivity index (χ1n) is 8.93. The van der Waals surface area contributed by atoms with Gasteiger partial charge in [0.2, 0.25) is 0 Å². The summed E-state index contributed by atoms with van der Waals surface area (Å²) in [6, 6.07) is 20.2. The summed E-state index contributed by atoms with van der Waals surface area (Å²) in [5, 5.41) is 7.74. The van der Waals surface area contributed by atoms with Crippen LogP contribution in [0.2, 0.25) is 0 Å². The van der Waals surface area contributed by atoms with Crippen molar-refractivity contribution in [3.8, 4) is 0 Å². The average Bonchev–Trinajstić information content (AvgIpc) is 3.21. The summed E-state index contributed by atoms with van der Waals surface area (Å²) in [7, 11) is 0. The number of carbonyl (C=O) groups excluding carboxylic acids is 1. The predicted molar refractivity (Wildman–Crippen MR) is 101 cm³/mol. The molecule has 4 rings (SSSR count). The Hall–Kier alpha value is -2.92. The van der Waals surface area contributed by atoms with E-state index in [4.69, 9.17) is 0 Å². The van der Waals surface area contributed by atoms with Gasteiger partial charge in [0, 0.05) is 43.6 Å². The third-order valence-corrected chi connectivity index (χ3v) is 4.74. The van der Waals surface area contributed by atoms with Gasteiger partial charge in [0.25, 0.3) is 5.91 Å². The van der Waals surface area contributed by atoms with Crippen LogP contribution in [0.15, 0.2) is 73.1 Å². The van der Waals surface area contributed by atoms with E-state index in [0.29, 0.717) is 13.1 Å². The van der Waals surface area contributed by atoms with Crippen molar-refractivity contribution in [3.63, 3.8) is 0 Å². The van der Waals surface area contributed by atoms with Crippen LogP contribution < -0.4 is 5.32 Å². The summed E-state index contributed by atoms with van der Waals surface area (Å²) in [6.45, 7) is 2.89. The van der Waals surface area contributed by atoms with Crippen LogP contribution in [-0.2, 0) is 6.54 Å². The smallest absolute Gasteiger partial charge is 0.253 e. The van der Waals surface area contributed by atoms with Gasteiger partial charge in [-0.15, -0.1) is 0 Å².